The largest absolute Gasteiger partial charge is 1.00 e. The van der Waals surface area contributed by atoms with Crippen molar-refractivity contribution in [2.75, 3.05) is 0 Å². The van der Waals surface area contributed by atoms with Gasteiger partial charge in [0.25, 0.3) is 0 Å². The molecule has 0 nitrogen and oxygen atoms in total. The molecule has 0 aromatic carbocycles. The molecule has 3 heteroatoms. The van der Waals surface area contributed by atoms with Crippen LogP contribution in [0.4, 0.5) is 0 Å². The molecule has 0 bridgehead atoms. The van der Waals surface area contributed by atoms with E-state index < -0.39 is 0 Å². The second-order valence-corrected chi connectivity index (χ2v) is 1.89. The Morgan fingerprint density at radius 3 is 1.90 bits per heavy atom. The molecule has 10 heavy (non-hydrogen) atoms. The Labute approximate surface area is 93.8 Å². The maximum atomic E-state index is 3.19. The maximum absolute atomic E-state index is 3.19. The first-order valence-electron chi connectivity index (χ1n) is 2.55. The van der Waals surface area contributed by atoms with Crippen molar-refractivity contribution >= 4 is 0 Å². The van der Waals surface area contributed by atoms with Crippen molar-refractivity contribution in [2.45, 2.75) is 20.3 Å². The van der Waals surface area contributed by atoms with E-state index in [-0.39, 0.29) is 50.7 Å². The van der Waals surface area contributed by atoms with Crippen molar-refractivity contribution in [3.8, 4) is 0 Å². The molecule has 1 aliphatic rings. The molecular weight excluding hydrogens is 333 g/mol. The van der Waals surface area contributed by atoms with Crippen LogP contribution in [0.5, 0.6) is 0 Å². The van der Waals surface area contributed by atoms with E-state index in [0.717, 1.165) is 6.42 Å². The first-order valence-corrected chi connectivity index (χ1v) is 2.55. The first kappa shape index (κ1) is 17.1. The van der Waals surface area contributed by atoms with Crippen molar-refractivity contribution in [1.29, 1.82) is 0 Å². The maximum Gasteiger partial charge on any atom is 0 e. The number of rotatable bonds is 0. The van der Waals surface area contributed by atoms with Gasteiger partial charge in [0.1, 0.15) is 0 Å². The van der Waals surface area contributed by atoms with Gasteiger partial charge in [0.2, 0.25) is 0 Å². The Morgan fingerprint density at radius 2 is 1.80 bits per heavy atom. The van der Waals surface area contributed by atoms with Crippen LogP contribution < -0.4 is 24.8 Å². The number of hydrogen-bond acceptors (Lipinski definition) is 0. The average Bonchev–Trinajstić information content (AvgIpc) is 1.91. The Kier molecular flexibility index (Phi) is 13.8. The van der Waals surface area contributed by atoms with Crippen molar-refractivity contribution in [3.05, 3.63) is 23.3 Å². The molecule has 1 rings (SSSR count). The van der Waals surface area contributed by atoms with E-state index in [1.807, 2.05) is 0 Å². The Hall–Kier alpha value is 0.930. The van der Waals surface area contributed by atoms with E-state index in [1.54, 1.807) is 0 Å². The van der Waals surface area contributed by atoms with Gasteiger partial charge in [-0.25, -0.2) is 11.1 Å². The summed E-state index contributed by atoms with van der Waals surface area (Å²) in [5.74, 6) is 0. The van der Waals surface area contributed by atoms with Gasteiger partial charge in [0, 0.05) is 25.8 Å². The van der Waals surface area contributed by atoms with E-state index in [1.165, 1.54) is 11.1 Å². The third kappa shape index (κ3) is 4.70. The fourth-order valence-electron chi connectivity index (χ4n) is 0.650. The second kappa shape index (κ2) is 8.03. The molecule has 0 radical (unpaired) electrons. The SMILES string of the molecule is CC1=[C-]CC=C1C.[Cl-].[Cl-].[Hf]. The smallest absolute Gasteiger partial charge is 0 e. The monoisotopic (exact) mass is 343 g/mol. The molecule has 1 aliphatic carbocycles. The summed E-state index contributed by atoms with van der Waals surface area (Å²) in [6, 6.07) is 0. The van der Waals surface area contributed by atoms with Crippen molar-refractivity contribution in [3.63, 3.8) is 0 Å². The summed E-state index contributed by atoms with van der Waals surface area (Å²) in [6.07, 6.45) is 6.41. The van der Waals surface area contributed by atoms with Crippen LogP contribution in [0.2, 0.25) is 0 Å². The van der Waals surface area contributed by atoms with Crippen LogP contribution in [0.25, 0.3) is 0 Å². The molecular formula is C7H9Cl2Hf-3. The Morgan fingerprint density at radius 1 is 1.30 bits per heavy atom. The van der Waals surface area contributed by atoms with Gasteiger partial charge in [0.05, 0.1) is 0 Å². The van der Waals surface area contributed by atoms with Gasteiger partial charge in [-0.2, -0.15) is 6.08 Å². The molecule has 0 saturated carbocycles. The van der Waals surface area contributed by atoms with E-state index in [9.17, 15) is 0 Å². The van der Waals surface area contributed by atoms with Crippen LogP contribution in [0.15, 0.2) is 17.2 Å². The molecule has 0 aliphatic heterocycles. The summed E-state index contributed by atoms with van der Waals surface area (Å²) in [4.78, 5) is 0. The summed E-state index contributed by atoms with van der Waals surface area (Å²) in [5.41, 5.74) is 2.71. The first-order chi connectivity index (χ1) is 3.30. The summed E-state index contributed by atoms with van der Waals surface area (Å²) in [6.45, 7) is 4.22. The molecule has 0 aromatic rings. The third-order valence-electron chi connectivity index (χ3n) is 1.37. The minimum Gasteiger partial charge on any atom is -1.00 e. The molecule has 0 spiro atoms. The summed E-state index contributed by atoms with van der Waals surface area (Å²) in [7, 11) is 0. The topological polar surface area (TPSA) is 0 Å². The molecule has 0 saturated heterocycles. The number of hydrogen-bond donors (Lipinski definition) is 0. The van der Waals surface area contributed by atoms with Gasteiger partial charge in [-0.1, -0.05) is 6.92 Å². The van der Waals surface area contributed by atoms with Gasteiger partial charge in [-0.15, -0.1) is 13.3 Å². The number of allylic oxidation sites excluding steroid dienone is 4. The third-order valence-corrected chi connectivity index (χ3v) is 1.37. The molecule has 0 N–H and O–H groups in total. The Bertz CT molecular complexity index is 123. The minimum atomic E-state index is 0. The van der Waals surface area contributed by atoms with Gasteiger partial charge < -0.3 is 24.8 Å². The summed E-state index contributed by atoms with van der Waals surface area (Å²) in [5, 5.41) is 0. The zero-order valence-corrected chi connectivity index (χ0v) is 11.1. The zero-order valence-electron chi connectivity index (χ0n) is 6.04. The van der Waals surface area contributed by atoms with E-state index in [2.05, 4.69) is 26.0 Å². The predicted octanol–water partition coefficient (Wildman–Crippen LogP) is -3.91. The van der Waals surface area contributed by atoms with Gasteiger partial charge in [0.15, 0.2) is 0 Å². The molecule has 0 amide bonds. The van der Waals surface area contributed by atoms with Crippen LogP contribution in [-0.2, 0) is 25.8 Å². The fourth-order valence-corrected chi connectivity index (χ4v) is 0.650. The van der Waals surface area contributed by atoms with Gasteiger partial charge >= 0.3 is 0 Å². The molecule has 58 valence electrons. The second-order valence-electron chi connectivity index (χ2n) is 1.89. The van der Waals surface area contributed by atoms with E-state index in [4.69, 9.17) is 0 Å². The molecule has 0 heterocycles. The average molecular weight is 343 g/mol. The van der Waals surface area contributed by atoms with E-state index >= 15 is 0 Å². The van der Waals surface area contributed by atoms with Crippen molar-refractivity contribution in [2.24, 2.45) is 0 Å². The van der Waals surface area contributed by atoms with Crippen molar-refractivity contribution < 1.29 is 50.7 Å². The van der Waals surface area contributed by atoms with Crippen LogP contribution in [0, 0.1) is 6.08 Å². The Balaban J connectivity index is -0.000000163. The van der Waals surface area contributed by atoms with Crippen LogP contribution in [0.3, 0.4) is 0 Å². The standard InChI is InChI=1S/C7H9.2ClH.Hf/c1-6-4-3-5-7(6)2;;;/h4H,3H2,1-2H3;2*1H;/q-1;;;/p-2. The molecule has 0 fully saturated rings. The van der Waals surface area contributed by atoms with Gasteiger partial charge in [-0.05, 0) is 0 Å². The minimum absolute atomic E-state index is 0. The van der Waals surface area contributed by atoms with Crippen LogP contribution >= 0.6 is 0 Å². The summed E-state index contributed by atoms with van der Waals surface area (Å²) < 4.78 is 0. The van der Waals surface area contributed by atoms with Crippen LogP contribution in [-0.4, -0.2) is 0 Å². The number of halogens is 2. The van der Waals surface area contributed by atoms with Crippen molar-refractivity contribution in [1.82, 2.24) is 0 Å². The molecule has 0 unspecified atom stereocenters. The quantitative estimate of drug-likeness (QED) is 0.312. The van der Waals surface area contributed by atoms with Crippen LogP contribution in [0.1, 0.15) is 20.3 Å². The van der Waals surface area contributed by atoms with E-state index in [0.29, 0.717) is 0 Å². The van der Waals surface area contributed by atoms with Gasteiger partial charge in [-0.3, -0.25) is 6.08 Å². The normalized spacial score (nSPS) is 13.4. The zero-order chi connectivity index (χ0) is 5.28. The molecule has 0 aromatic heterocycles. The molecule has 0 atom stereocenters. The predicted molar refractivity (Wildman–Crippen MR) is 30.8 cm³/mol. The fraction of sp³-hybridized carbons (Fsp3) is 0.429. The summed E-state index contributed by atoms with van der Waals surface area (Å²) >= 11 is 0.